The van der Waals surface area contributed by atoms with E-state index in [4.69, 9.17) is 11.6 Å². The van der Waals surface area contributed by atoms with Crippen LogP contribution in [-0.2, 0) is 4.79 Å². The van der Waals surface area contributed by atoms with Crippen LogP contribution >= 0.6 is 23.4 Å². The van der Waals surface area contributed by atoms with Gasteiger partial charge in [0.1, 0.15) is 11.2 Å². The molecule has 7 heteroatoms. The van der Waals surface area contributed by atoms with Gasteiger partial charge in [-0.25, -0.2) is 9.78 Å². The van der Waals surface area contributed by atoms with Crippen molar-refractivity contribution in [2.45, 2.75) is 31.2 Å². The van der Waals surface area contributed by atoms with Gasteiger partial charge < -0.3 is 10.0 Å². The zero-order valence-electron chi connectivity index (χ0n) is 11.0. The Labute approximate surface area is 126 Å². The summed E-state index contributed by atoms with van der Waals surface area (Å²) in [4.78, 5) is 29.2. The molecule has 1 aromatic rings. The molecule has 0 saturated carbocycles. The minimum absolute atomic E-state index is 0.0933. The van der Waals surface area contributed by atoms with E-state index in [9.17, 15) is 14.7 Å². The number of carboxylic acids is 1. The maximum absolute atomic E-state index is 12.5. The molecule has 1 aliphatic rings. The van der Waals surface area contributed by atoms with Crippen molar-refractivity contribution < 1.29 is 14.7 Å². The number of carbonyl (C=O) groups excluding carboxylic acids is 1. The van der Waals surface area contributed by atoms with E-state index >= 15 is 0 Å². The molecular formula is C13H15ClN2O3S. The fourth-order valence-corrected chi connectivity index (χ4v) is 3.77. The Bertz CT molecular complexity index is 509. The third-order valence-corrected chi connectivity index (χ3v) is 4.70. The first-order valence-corrected chi connectivity index (χ1v) is 7.76. The average molecular weight is 315 g/mol. The summed E-state index contributed by atoms with van der Waals surface area (Å²) in [6.07, 6.45) is 3.06. The number of carboxylic acid groups (broad SMARTS) is 1. The zero-order valence-corrected chi connectivity index (χ0v) is 12.5. The predicted octanol–water partition coefficient (Wildman–Crippen LogP) is 2.50. The lowest BCUT2D eigenvalue weighted by atomic mass is 10.2. The van der Waals surface area contributed by atoms with Crippen LogP contribution < -0.4 is 0 Å². The molecule has 108 valence electrons. The Morgan fingerprint density at radius 1 is 1.55 bits per heavy atom. The Balaban J connectivity index is 2.26. The van der Waals surface area contributed by atoms with E-state index in [0.29, 0.717) is 16.5 Å². The quantitative estimate of drug-likeness (QED) is 0.865. The number of aliphatic carboxylic acids is 1. The van der Waals surface area contributed by atoms with E-state index in [-0.39, 0.29) is 11.3 Å². The normalized spacial score (nSPS) is 22.0. The third-order valence-electron chi connectivity index (χ3n) is 3.12. The molecule has 0 spiro atoms. The van der Waals surface area contributed by atoms with Gasteiger partial charge in [0.2, 0.25) is 0 Å². The number of hydrogen-bond donors (Lipinski definition) is 1. The van der Waals surface area contributed by atoms with E-state index in [1.807, 2.05) is 6.92 Å². The first kappa shape index (κ1) is 15.1. The van der Waals surface area contributed by atoms with Crippen LogP contribution in [-0.4, -0.2) is 44.0 Å². The maximum atomic E-state index is 12.5. The van der Waals surface area contributed by atoms with E-state index in [1.165, 1.54) is 28.9 Å². The fraction of sp³-hybridized carbons (Fsp3) is 0.462. The topological polar surface area (TPSA) is 70.5 Å². The molecule has 0 aromatic carbocycles. The van der Waals surface area contributed by atoms with Crippen molar-refractivity contribution in [2.75, 3.05) is 5.75 Å². The molecule has 0 radical (unpaired) electrons. The number of amides is 1. The van der Waals surface area contributed by atoms with E-state index in [0.717, 1.165) is 12.8 Å². The van der Waals surface area contributed by atoms with Gasteiger partial charge in [-0.1, -0.05) is 24.9 Å². The summed E-state index contributed by atoms with van der Waals surface area (Å²) in [7, 11) is 0. The Morgan fingerprint density at radius 2 is 2.30 bits per heavy atom. The van der Waals surface area contributed by atoms with E-state index < -0.39 is 12.0 Å². The van der Waals surface area contributed by atoms with Crippen LogP contribution in [0.5, 0.6) is 0 Å². The van der Waals surface area contributed by atoms with Crippen molar-refractivity contribution in [3.8, 4) is 0 Å². The second kappa shape index (κ2) is 6.45. The van der Waals surface area contributed by atoms with Gasteiger partial charge in [0.15, 0.2) is 0 Å². The molecule has 1 fully saturated rings. The van der Waals surface area contributed by atoms with Gasteiger partial charge in [-0.2, -0.15) is 0 Å². The first-order valence-electron chi connectivity index (χ1n) is 6.33. The van der Waals surface area contributed by atoms with Gasteiger partial charge in [0, 0.05) is 11.9 Å². The van der Waals surface area contributed by atoms with Gasteiger partial charge in [-0.15, -0.1) is 11.8 Å². The fourth-order valence-electron chi connectivity index (χ4n) is 2.15. The number of halogens is 1. The highest BCUT2D eigenvalue weighted by molar-refractivity contribution is 8.00. The van der Waals surface area contributed by atoms with Crippen molar-refractivity contribution in [1.82, 2.24) is 9.88 Å². The lowest BCUT2D eigenvalue weighted by Crippen LogP contribution is -2.45. The number of carbonyl (C=O) groups is 2. The number of aromatic nitrogens is 1. The molecule has 1 aliphatic heterocycles. The van der Waals surface area contributed by atoms with Crippen LogP contribution in [0.15, 0.2) is 18.3 Å². The summed E-state index contributed by atoms with van der Waals surface area (Å²) < 4.78 is 0. The number of rotatable bonds is 4. The maximum Gasteiger partial charge on any atom is 0.327 e. The van der Waals surface area contributed by atoms with E-state index in [1.54, 1.807) is 6.07 Å². The molecule has 2 heterocycles. The number of pyridine rings is 1. The summed E-state index contributed by atoms with van der Waals surface area (Å²) in [5.41, 5.74) is 0.365. The van der Waals surface area contributed by atoms with Crippen molar-refractivity contribution in [3.63, 3.8) is 0 Å². The van der Waals surface area contributed by atoms with Crippen LogP contribution in [0.25, 0.3) is 0 Å². The number of thioether (sulfide) groups is 1. The first-order chi connectivity index (χ1) is 9.54. The summed E-state index contributed by atoms with van der Waals surface area (Å²) >= 11 is 7.21. The third kappa shape index (κ3) is 3.07. The molecule has 2 unspecified atom stereocenters. The highest BCUT2D eigenvalue weighted by Crippen LogP contribution is 2.33. The largest absolute Gasteiger partial charge is 0.480 e. The Kier molecular flexibility index (Phi) is 4.88. The molecule has 20 heavy (non-hydrogen) atoms. The van der Waals surface area contributed by atoms with Crippen molar-refractivity contribution in [1.29, 1.82) is 0 Å². The molecular weight excluding hydrogens is 300 g/mol. The smallest absolute Gasteiger partial charge is 0.327 e. The molecule has 1 amide bonds. The molecule has 2 atom stereocenters. The number of hydrogen-bond acceptors (Lipinski definition) is 4. The highest BCUT2D eigenvalue weighted by Gasteiger charge is 2.41. The van der Waals surface area contributed by atoms with Gasteiger partial charge in [-0.3, -0.25) is 4.79 Å². The minimum Gasteiger partial charge on any atom is -0.480 e. The Hall–Kier alpha value is -1.27. The summed E-state index contributed by atoms with van der Waals surface area (Å²) in [6.45, 7) is 2.02. The molecule has 1 N–H and O–H groups in total. The SMILES string of the molecule is CCCC1SCC(C(=O)O)N1C(=O)c1ccc(Cl)nc1. The van der Waals surface area contributed by atoms with Crippen molar-refractivity contribution >= 4 is 35.2 Å². The van der Waals surface area contributed by atoms with Crippen LogP contribution in [0.3, 0.4) is 0 Å². The van der Waals surface area contributed by atoms with Gasteiger partial charge in [0.25, 0.3) is 5.91 Å². The molecule has 1 aromatic heterocycles. The highest BCUT2D eigenvalue weighted by atomic mass is 35.5. The van der Waals surface area contributed by atoms with Crippen molar-refractivity contribution in [2.24, 2.45) is 0 Å². The molecule has 2 rings (SSSR count). The van der Waals surface area contributed by atoms with Gasteiger partial charge in [-0.05, 0) is 18.6 Å². The molecule has 0 bridgehead atoms. The predicted molar refractivity (Wildman–Crippen MR) is 78.0 cm³/mol. The van der Waals surface area contributed by atoms with Crippen LogP contribution in [0.4, 0.5) is 0 Å². The van der Waals surface area contributed by atoms with Gasteiger partial charge in [0.05, 0.1) is 10.9 Å². The van der Waals surface area contributed by atoms with Crippen LogP contribution in [0.2, 0.25) is 5.15 Å². The molecule has 5 nitrogen and oxygen atoms in total. The second-order valence-electron chi connectivity index (χ2n) is 4.51. The molecule has 1 saturated heterocycles. The lowest BCUT2D eigenvalue weighted by molar-refractivity contribution is -0.141. The summed E-state index contributed by atoms with van der Waals surface area (Å²) in [6, 6.07) is 2.32. The summed E-state index contributed by atoms with van der Waals surface area (Å²) in [5.74, 6) is -0.844. The average Bonchev–Trinajstić information content (AvgIpc) is 2.83. The lowest BCUT2D eigenvalue weighted by Gasteiger charge is -2.27. The second-order valence-corrected chi connectivity index (χ2v) is 6.11. The standard InChI is InChI=1S/C13H15ClN2O3S/c1-2-3-11-16(9(7-20-11)13(18)19)12(17)8-4-5-10(14)15-6-8/h4-6,9,11H,2-3,7H2,1H3,(H,18,19). The van der Waals surface area contributed by atoms with Gasteiger partial charge >= 0.3 is 5.97 Å². The summed E-state index contributed by atoms with van der Waals surface area (Å²) in [5, 5.41) is 9.48. The van der Waals surface area contributed by atoms with Crippen molar-refractivity contribution in [3.05, 3.63) is 29.0 Å². The van der Waals surface area contributed by atoms with E-state index in [2.05, 4.69) is 4.98 Å². The zero-order chi connectivity index (χ0) is 14.7. The van der Waals surface area contributed by atoms with Crippen LogP contribution in [0, 0.1) is 0 Å². The van der Waals surface area contributed by atoms with Crippen LogP contribution in [0.1, 0.15) is 30.1 Å². The number of nitrogens with zero attached hydrogens (tertiary/aromatic N) is 2. The molecule has 0 aliphatic carbocycles. The minimum atomic E-state index is -0.966. The Morgan fingerprint density at radius 3 is 2.85 bits per heavy atom. The monoisotopic (exact) mass is 314 g/mol.